The van der Waals surface area contributed by atoms with E-state index in [1.807, 2.05) is 25.1 Å². The van der Waals surface area contributed by atoms with Crippen LogP contribution >= 0.6 is 0 Å². The number of carbonyl (C=O) groups excluding carboxylic acids is 1. The Kier molecular flexibility index (Phi) is 6.26. The summed E-state index contributed by atoms with van der Waals surface area (Å²) in [6.45, 7) is 3.21. The molecule has 1 N–H and O–H groups in total. The molecule has 26 heavy (non-hydrogen) atoms. The highest BCUT2D eigenvalue weighted by Crippen LogP contribution is 2.47. The molecule has 0 bridgehead atoms. The maximum absolute atomic E-state index is 13.6. The Balaban J connectivity index is 1.47. The van der Waals surface area contributed by atoms with Crippen LogP contribution in [0.25, 0.3) is 0 Å². The fraction of sp³-hybridized carbons (Fsp3) is 0.409. The summed E-state index contributed by atoms with van der Waals surface area (Å²) in [5.41, 5.74) is 1.93. The van der Waals surface area contributed by atoms with Gasteiger partial charge < -0.3 is 10.1 Å². The zero-order chi connectivity index (χ0) is 18.4. The number of carbonyl (C=O) groups is 1. The molecule has 3 nitrogen and oxygen atoms in total. The second kappa shape index (κ2) is 8.84. The summed E-state index contributed by atoms with van der Waals surface area (Å²) in [5.74, 6) is 1.79. The van der Waals surface area contributed by atoms with E-state index in [0.29, 0.717) is 36.8 Å². The quantitative estimate of drug-likeness (QED) is 0.721. The topological polar surface area (TPSA) is 38.3 Å². The summed E-state index contributed by atoms with van der Waals surface area (Å²) in [6.07, 6.45) is 3.13. The first-order valence-corrected chi connectivity index (χ1v) is 9.40. The van der Waals surface area contributed by atoms with Gasteiger partial charge in [-0.3, -0.25) is 4.79 Å². The molecule has 0 saturated heterocycles. The van der Waals surface area contributed by atoms with Crippen LogP contribution in [0.4, 0.5) is 4.39 Å². The van der Waals surface area contributed by atoms with Crippen molar-refractivity contribution >= 4 is 5.91 Å². The molecular formula is C22H26FNO2. The largest absolute Gasteiger partial charge is 0.493 e. The highest BCUT2D eigenvalue weighted by Gasteiger charge is 2.38. The molecule has 1 aliphatic rings. The van der Waals surface area contributed by atoms with Crippen LogP contribution in [0.5, 0.6) is 5.75 Å². The van der Waals surface area contributed by atoms with Crippen molar-refractivity contribution in [3.8, 4) is 5.75 Å². The van der Waals surface area contributed by atoms with Crippen molar-refractivity contribution in [1.29, 1.82) is 0 Å². The normalized spacial score (nSPS) is 18.4. The number of rotatable bonds is 9. The number of benzene rings is 2. The van der Waals surface area contributed by atoms with Crippen molar-refractivity contribution in [2.75, 3.05) is 13.2 Å². The SMILES string of the molecule is CCCC(=O)NCC1CC1c1cccc(OCCc2ccccc2F)c1. The van der Waals surface area contributed by atoms with Crippen LogP contribution in [-0.2, 0) is 11.2 Å². The van der Waals surface area contributed by atoms with Gasteiger partial charge in [-0.2, -0.15) is 0 Å². The van der Waals surface area contributed by atoms with Gasteiger partial charge in [-0.25, -0.2) is 4.39 Å². The first kappa shape index (κ1) is 18.4. The second-order valence-electron chi connectivity index (χ2n) is 6.92. The number of hydrogen-bond acceptors (Lipinski definition) is 2. The lowest BCUT2D eigenvalue weighted by Gasteiger charge is -2.09. The molecule has 0 spiro atoms. The average Bonchev–Trinajstić information content (AvgIpc) is 3.42. The molecule has 0 radical (unpaired) electrons. The Bertz CT molecular complexity index is 746. The van der Waals surface area contributed by atoms with Crippen molar-refractivity contribution < 1.29 is 13.9 Å². The third-order valence-corrected chi connectivity index (χ3v) is 4.85. The predicted molar refractivity (Wildman–Crippen MR) is 101 cm³/mol. The monoisotopic (exact) mass is 355 g/mol. The molecule has 4 heteroatoms. The van der Waals surface area contributed by atoms with E-state index in [0.717, 1.165) is 25.1 Å². The van der Waals surface area contributed by atoms with Gasteiger partial charge in [0.25, 0.3) is 0 Å². The van der Waals surface area contributed by atoms with E-state index in [1.165, 1.54) is 11.6 Å². The smallest absolute Gasteiger partial charge is 0.219 e. The molecule has 1 saturated carbocycles. The molecule has 3 rings (SSSR count). The minimum absolute atomic E-state index is 0.142. The van der Waals surface area contributed by atoms with Crippen LogP contribution < -0.4 is 10.1 Å². The number of halogens is 1. The molecule has 2 aromatic carbocycles. The summed E-state index contributed by atoms with van der Waals surface area (Å²) in [5, 5.41) is 3.01. The van der Waals surface area contributed by atoms with Gasteiger partial charge >= 0.3 is 0 Å². The average molecular weight is 355 g/mol. The molecule has 138 valence electrons. The number of hydrogen-bond donors (Lipinski definition) is 1. The highest BCUT2D eigenvalue weighted by atomic mass is 19.1. The lowest BCUT2D eigenvalue weighted by molar-refractivity contribution is -0.121. The van der Waals surface area contributed by atoms with Crippen molar-refractivity contribution in [3.63, 3.8) is 0 Å². The lowest BCUT2D eigenvalue weighted by atomic mass is 10.1. The van der Waals surface area contributed by atoms with Gasteiger partial charge in [0.15, 0.2) is 0 Å². The zero-order valence-corrected chi connectivity index (χ0v) is 15.2. The number of ether oxygens (including phenoxy) is 1. The molecule has 0 heterocycles. The van der Waals surface area contributed by atoms with Gasteiger partial charge in [0.2, 0.25) is 5.91 Å². The fourth-order valence-corrected chi connectivity index (χ4v) is 3.26. The third kappa shape index (κ3) is 5.07. The molecule has 0 aromatic heterocycles. The first-order chi connectivity index (χ1) is 12.7. The molecule has 2 aromatic rings. The molecule has 0 aliphatic heterocycles. The number of nitrogens with one attached hydrogen (secondary N) is 1. The van der Waals surface area contributed by atoms with Crippen molar-refractivity contribution in [3.05, 3.63) is 65.5 Å². The van der Waals surface area contributed by atoms with E-state index in [4.69, 9.17) is 4.74 Å². The molecule has 2 atom stereocenters. The van der Waals surface area contributed by atoms with E-state index < -0.39 is 0 Å². The maximum atomic E-state index is 13.6. The fourth-order valence-electron chi connectivity index (χ4n) is 3.26. The van der Waals surface area contributed by atoms with Crippen molar-refractivity contribution in [1.82, 2.24) is 5.32 Å². The van der Waals surface area contributed by atoms with Gasteiger partial charge in [-0.15, -0.1) is 0 Å². The van der Waals surface area contributed by atoms with E-state index in [2.05, 4.69) is 17.4 Å². The first-order valence-electron chi connectivity index (χ1n) is 9.40. The highest BCUT2D eigenvalue weighted by molar-refractivity contribution is 5.75. The van der Waals surface area contributed by atoms with Crippen LogP contribution in [0.2, 0.25) is 0 Å². The van der Waals surface area contributed by atoms with E-state index >= 15 is 0 Å². The third-order valence-electron chi connectivity index (χ3n) is 4.85. The Morgan fingerprint density at radius 1 is 1.23 bits per heavy atom. The van der Waals surface area contributed by atoms with E-state index in [-0.39, 0.29) is 11.7 Å². The standard InChI is InChI=1S/C22H26FNO2/c1-2-6-22(25)24-15-18-14-20(18)17-8-5-9-19(13-17)26-12-11-16-7-3-4-10-21(16)23/h3-5,7-10,13,18,20H,2,6,11-12,14-15H2,1H3,(H,24,25). The summed E-state index contributed by atoms with van der Waals surface area (Å²) in [4.78, 5) is 11.6. The van der Waals surface area contributed by atoms with Crippen molar-refractivity contribution in [2.45, 2.75) is 38.5 Å². The molecule has 1 aliphatic carbocycles. The summed E-state index contributed by atoms with van der Waals surface area (Å²) in [7, 11) is 0. The van der Waals surface area contributed by atoms with Crippen LogP contribution in [0, 0.1) is 11.7 Å². The van der Waals surface area contributed by atoms with Crippen molar-refractivity contribution in [2.24, 2.45) is 5.92 Å². The van der Waals surface area contributed by atoms with Crippen LogP contribution in [-0.4, -0.2) is 19.1 Å². The minimum Gasteiger partial charge on any atom is -0.493 e. The Labute approximate surface area is 154 Å². The molecule has 1 fully saturated rings. The Morgan fingerprint density at radius 2 is 2.08 bits per heavy atom. The number of amides is 1. The zero-order valence-electron chi connectivity index (χ0n) is 15.2. The van der Waals surface area contributed by atoms with Gasteiger partial charge in [-0.05, 0) is 54.0 Å². The molecule has 2 unspecified atom stereocenters. The van der Waals surface area contributed by atoms with Gasteiger partial charge in [0, 0.05) is 19.4 Å². The Hall–Kier alpha value is -2.36. The van der Waals surface area contributed by atoms with Crippen LogP contribution in [0.15, 0.2) is 48.5 Å². The van der Waals surface area contributed by atoms with E-state index in [1.54, 1.807) is 12.1 Å². The second-order valence-corrected chi connectivity index (χ2v) is 6.92. The summed E-state index contributed by atoms with van der Waals surface area (Å²) in [6, 6.07) is 14.9. The summed E-state index contributed by atoms with van der Waals surface area (Å²) >= 11 is 0. The molecule has 1 amide bonds. The van der Waals surface area contributed by atoms with E-state index in [9.17, 15) is 9.18 Å². The lowest BCUT2D eigenvalue weighted by Crippen LogP contribution is -2.25. The van der Waals surface area contributed by atoms with Crippen LogP contribution in [0.3, 0.4) is 0 Å². The van der Waals surface area contributed by atoms with Gasteiger partial charge in [-0.1, -0.05) is 37.3 Å². The predicted octanol–water partition coefficient (Wildman–Crippen LogP) is 4.47. The van der Waals surface area contributed by atoms with Gasteiger partial charge in [0.1, 0.15) is 11.6 Å². The Morgan fingerprint density at radius 3 is 2.88 bits per heavy atom. The summed E-state index contributed by atoms with van der Waals surface area (Å²) < 4.78 is 19.4. The van der Waals surface area contributed by atoms with Crippen LogP contribution in [0.1, 0.15) is 43.2 Å². The molecular weight excluding hydrogens is 329 g/mol. The minimum atomic E-state index is -0.184. The maximum Gasteiger partial charge on any atom is 0.219 e. The van der Waals surface area contributed by atoms with Gasteiger partial charge in [0.05, 0.1) is 6.61 Å².